The Labute approximate surface area is 121 Å². The van der Waals surface area contributed by atoms with Crippen LogP contribution in [-0.2, 0) is 0 Å². The molecule has 1 heterocycles. The standard InChI is InChI=1S/C15H13N5O/c21-15(12-9-5-2-6-10-12)16-13(14-17-19-20-18-14)11-7-3-1-4-8-11/h1-10,13H,(H,16,21)(H,17,18,19,20)/t13-/m1/s1. The normalized spacial score (nSPS) is 11.8. The molecule has 0 aliphatic carbocycles. The molecule has 0 saturated heterocycles. The van der Waals surface area contributed by atoms with Crippen LogP contribution in [0.5, 0.6) is 0 Å². The number of carbonyl (C=O) groups is 1. The van der Waals surface area contributed by atoms with Gasteiger partial charge in [0.1, 0.15) is 6.04 Å². The number of nitrogens with zero attached hydrogens (tertiary/aromatic N) is 3. The molecule has 104 valence electrons. The van der Waals surface area contributed by atoms with Gasteiger partial charge in [0.05, 0.1) is 0 Å². The fourth-order valence-corrected chi connectivity index (χ4v) is 2.04. The molecule has 2 N–H and O–H groups in total. The van der Waals surface area contributed by atoms with Crippen LogP contribution in [0.3, 0.4) is 0 Å². The SMILES string of the molecule is O=C(N[C@H](c1ccccc1)c1nn[nH]n1)c1ccccc1. The van der Waals surface area contributed by atoms with Gasteiger partial charge in [0.2, 0.25) is 5.82 Å². The van der Waals surface area contributed by atoms with Crippen molar-refractivity contribution in [2.75, 3.05) is 0 Å². The van der Waals surface area contributed by atoms with Crippen LogP contribution in [0, 0.1) is 0 Å². The quantitative estimate of drug-likeness (QED) is 0.761. The fraction of sp³-hybridized carbons (Fsp3) is 0.0667. The van der Waals surface area contributed by atoms with E-state index in [9.17, 15) is 4.79 Å². The molecule has 0 aliphatic rings. The van der Waals surface area contributed by atoms with Gasteiger partial charge in [-0.15, -0.1) is 10.2 Å². The number of aromatic nitrogens is 4. The Hall–Kier alpha value is -3.02. The molecule has 1 aromatic heterocycles. The fourth-order valence-electron chi connectivity index (χ4n) is 2.04. The Bertz CT molecular complexity index is 697. The predicted molar refractivity (Wildman–Crippen MR) is 76.4 cm³/mol. The lowest BCUT2D eigenvalue weighted by molar-refractivity contribution is 0.0941. The van der Waals surface area contributed by atoms with Gasteiger partial charge >= 0.3 is 0 Å². The molecule has 3 aromatic rings. The van der Waals surface area contributed by atoms with E-state index in [0.717, 1.165) is 5.56 Å². The van der Waals surface area contributed by atoms with Crippen molar-refractivity contribution in [3.05, 3.63) is 77.6 Å². The van der Waals surface area contributed by atoms with Crippen molar-refractivity contribution in [1.82, 2.24) is 25.9 Å². The smallest absolute Gasteiger partial charge is 0.252 e. The lowest BCUT2D eigenvalue weighted by Gasteiger charge is -2.15. The van der Waals surface area contributed by atoms with Crippen molar-refractivity contribution in [1.29, 1.82) is 0 Å². The van der Waals surface area contributed by atoms with E-state index in [1.165, 1.54) is 0 Å². The molecular weight excluding hydrogens is 266 g/mol. The third-order valence-corrected chi connectivity index (χ3v) is 3.06. The van der Waals surface area contributed by atoms with Crippen LogP contribution < -0.4 is 5.32 Å². The summed E-state index contributed by atoms with van der Waals surface area (Å²) in [4.78, 5) is 12.3. The molecule has 2 aromatic carbocycles. The average Bonchev–Trinajstić information content (AvgIpc) is 3.08. The molecule has 0 fully saturated rings. The Morgan fingerprint density at radius 1 is 1.00 bits per heavy atom. The number of carbonyl (C=O) groups excluding carboxylic acids is 1. The highest BCUT2D eigenvalue weighted by molar-refractivity contribution is 5.94. The maximum absolute atomic E-state index is 12.3. The van der Waals surface area contributed by atoms with Crippen LogP contribution in [0.1, 0.15) is 27.8 Å². The second-order valence-electron chi connectivity index (χ2n) is 4.45. The monoisotopic (exact) mass is 279 g/mol. The summed E-state index contributed by atoms with van der Waals surface area (Å²) in [6.07, 6.45) is 0. The first kappa shape index (κ1) is 13.0. The summed E-state index contributed by atoms with van der Waals surface area (Å²) in [5, 5.41) is 16.9. The highest BCUT2D eigenvalue weighted by Gasteiger charge is 2.21. The second-order valence-corrected chi connectivity index (χ2v) is 4.45. The van der Waals surface area contributed by atoms with Crippen LogP contribution in [0.25, 0.3) is 0 Å². The van der Waals surface area contributed by atoms with Gasteiger partial charge in [0, 0.05) is 5.56 Å². The van der Waals surface area contributed by atoms with Crippen LogP contribution >= 0.6 is 0 Å². The van der Waals surface area contributed by atoms with Crippen molar-refractivity contribution >= 4 is 5.91 Å². The summed E-state index contributed by atoms with van der Waals surface area (Å²) in [6, 6.07) is 18.1. The first-order chi connectivity index (χ1) is 10.3. The van der Waals surface area contributed by atoms with Gasteiger partial charge < -0.3 is 5.32 Å². The van der Waals surface area contributed by atoms with E-state index in [0.29, 0.717) is 11.4 Å². The maximum atomic E-state index is 12.3. The van der Waals surface area contributed by atoms with Crippen LogP contribution in [-0.4, -0.2) is 26.5 Å². The Morgan fingerprint density at radius 2 is 1.67 bits per heavy atom. The van der Waals surface area contributed by atoms with E-state index in [4.69, 9.17) is 0 Å². The molecule has 0 saturated carbocycles. The minimum Gasteiger partial charge on any atom is -0.338 e. The minimum atomic E-state index is -0.447. The van der Waals surface area contributed by atoms with Crippen molar-refractivity contribution in [3.63, 3.8) is 0 Å². The number of hydrogen-bond acceptors (Lipinski definition) is 4. The molecule has 6 heteroatoms. The zero-order valence-electron chi connectivity index (χ0n) is 11.1. The molecule has 1 amide bonds. The van der Waals surface area contributed by atoms with E-state index < -0.39 is 6.04 Å². The van der Waals surface area contributed by atoms with E-state index in [-0.39, 0.29) is 5.91 Å². The summed E-state index contributed by atoms with van der Waals surface area (Å²) < 4.78 is 0. The van der Waals surface area contributed by atoms with Crippen LogP contribution in [0.4, 0.5) is 0 Å². The third kappa shape index (κ3) is 2.94. The highest BCUT2D eigenvalue weighted by Crippen LogP contribution is 2.18. The van der Waals surface area contributed by atoms with Crippen molar-refractivity contribution in [3.8, 4) is 0 Å². The molecule has 6 nitrogen and oxygen atoms in total. The molecule has 0 radical (unpaired) electrons. The summed E-state index contributed by atoms with van der Waals surface area (Å²) in [5.74, 6) is 0.236. The lowest BCUT2D eigenvalue weighted by Crippen LogP contribution is -2.30. The summed E-state index contributed by atoms with van der Waals surface area (Å²) in [7, 11) is 0. The average molecular weight is 279 g/mol. The Balaban J connectivity index is 1.89. The predicted octanol–water partition coefficient (Wildman–Crippen LogP) is 1.72. The van der Waals surface area contributed by atoms with Gasteiger partial charge in [-0.1, -0.05) is 53.7 Å². The molecule has 0 spiro atoms. The van der Waals surface area contributed by atoms with Gasteiger partial charge in [-0.05, 0) is 17.7 Å². The van der Waals surface area contributed by atoms with E-state index >= 15 is 0 Å². The summed E-state index contributed by atoms with van der Waals surface area (Å²) >= 11 is 0. The lowest BCUT2D eigenvalue weighted by atomic mass is 10.1. The number of tetrazole rings is 1. The number of aromatic amines is 1. The molecular formula is C15H13N5O. The number of nitrogens with one attached hydrogen (secondary N) is 2. The van der Waals surface area contributed by atoms with E-state index in [1.807, 2.05) is 48.5 Å². The first-order valence-corrected chi connectivity index (χ1v) is 6.49. The molecule has 0 unspecified atom stereocenters. The second kappa shape index (κ2) is 5.96. The number of H-pyrrole nitrogens is 1. The van der Waals surface area contributed by atoms with Crippen LogP contribution in [0.2, 0.25) is 0 Å². The summed E-state index contributed by atoms with van der Waals surface area (Å²) in [6.45, 7) is 0. The van der Waals surface area contributed by atoms with Crippen molar-refractivity contribution < 1.29 is 4.79 Å². The molecule has 3 rings (SSSR count). The minimum absolute atomic E-state index is 0.186. The zero-order chi connectivity index (χ0) is 14.5. The van der Waals surface area contributed by atoms with Gasteiger partial charge in [-0.3, -0.25) is 4.79 Å². The Morgan fingerprint density at radius 3 is 2.29 bits per heavy atom. The molecule has 0 aliphatic heterocycles. The van der Waals surface area contributed by atoms with Gasteiger partial charge in [-0.2, -0.15) is 5.21 Å². The van der Waals surface area contributed by atoms with E-state index in [2.05, 4.69) is 25.9 Å². The summed E-state index contributed by atoms with van der Waals surface area (Å²) in [5.41, 5.74) is 1.48. The van der Waals surface area contributed by atoms with Gasteiger partial charge in [0.25, 0.3) is 5.91 Å². The topological polar surface area (TPSA) is 83.6 Å². The molecule has 0 bridgehead atoms. The van der Waals surface area contributed by atoms with Crippen molar-refractivity contribution in [2.45, 2.75) is 6.04 Å². The number of amides is 1. The largest absolute Gasteiger partial charge is 0.338 e. The molecule has 21 heavy (non-hydrogen) atoms. The van der Waals surface area contributed by atoms with Gasteiger partial charge in [-0.25, -0.2) is 0 Å². The van der Waals surface area contributed by atoms with Gasteiger partial charge in [0.15, 0.2) is 0 Å². The number of benzene rings is 2. The zero-order valence-corrected chi connectivity index (χ0v) is 11.1. The number of rotatable bonds is 4. The highest BCUT2D eigenvalue weighted by atomic mass is 16.1. The Kier molecular flexibility index (Phi) is 3.68. The number of hydrogen-bond donors (Lipinski definition) is 2. The maximum Gasteiger partial charge on any atom is 0.252 e. The van der Waals surface area contributed by atoms with Crippen molar-refractivity contribution in [2.24, 2.45) is 0 Å². The first-order valence-electron chi connectivity index (χ1n) is 6.49. The molecule has 1 atom stereocenters. The van der Waals surface area contributed by atoms with E-state index in [1.54, 1.807) is 12.1 Å². The van der Waals surface area contributed by atoms with Crippen LogP contribution in [0.15, 0.2) is 60.7 Å². The third-order valence-electron chi connectivity index (χ3n) is 3.06.